The number of sulfonamides is 1. The monoisotopic (exact) mass is 357 g/mol. The zero-order valence-corrected chi connectivity index (χ0v) is 14.6. The topological polar surface area (TPSA) is 73.2 Å². The average molecular weight is 357 g/mol. The molecule has 1 N–H and O–H groups in total. The van der Waals surface area contributed by atoms with Crippen LogP contribution in [0.15, 0.2) is 67.0 Å². The summed E-state index contributed by atoms with van der Waals surface area (Å²) < 4.78 is 34.2. The number of nitrogens with one attached hydrogen (secondary N) is 1. The lowest BCUT2D eigenvalue weighted by Crippen LogP contribution is -2.21. The Balaban J connectivity index is 1.58. The van der Waals surface area contributed by atoms with Gasteiger partial charge in [-0.2, -0.15) is 0 Å². The third-order valence-electron chi connectivity index (χ3n) is 3.61. The van der Waals surface area contributed by atoms with Crippen molar-refractivity contribution in [2.75, 3.05) is 17.1 Å². The molecule has 0 aliphatic carbocycles. The van der Waals surface area contributed by atoms with Gasteiger partial charge < -0.3 is 9.30 Å². The fourth-order valence-corrected chi connectivity index (χ4v) is 3.26. The number of imidazole rings is 1. The van der Waals surface area contributed by atoms with Crippen LogP contribution in [0, 0.1) is 6.92 Å². The van der Waals surface area contributed by atoms with Gasteiger partial charge in [0.1, 0.15) is 23.9 Å². The highest BCUT2D eigenvalue weighted by Gasteiger charge is 2.11. The predicted molar refractivity (Wildman–Crippen MR) is 97.6 cm³/mol. The van der Waals surface area contributed by atoms with E-state index in [4.69, 9.17) is 4.74 Å². The lowest BCUT2D eigenvalue weighted by atomic mass is 10.3. The van der Waals surface area contributed by atoms with E-state index in [1.165, 1.54) is 0 Å². The standard InChI is InChI=1S/C18H19N3O3S/c1-15-19-11-12-21(15)17-9-7-16(8-10-17)20-25(22,23)14-13-24-18-5-3-2-4-6-18/h2-12,20H,13-14H2,1H3. The van der Waals surface area contributed by atoms with E-state index in [1.54, 1.807) is 30.5 Å². The Kier molecular flexibility index (Phi) is 5.04. The average Bonchev–Trinajstić information content (AvgIpc) is 3.02. The molecule has 1 aromatic heterocycles. The number of anilines is 1. The molecule has 0 atom stereocenters. The van der Waals surface area contributed by atoms with Gasteiger partial charge in [-0.25, -0.2) is 13.4 Å². The molecule has 0 saturated carbocycles. The van der Waals surface area contributed by atoms with Crippen molar-refractivity contribution in [1.29, 1.82) is 0 Å². The first-order valence-corrected chi connectivity index (χ1v) is 9.47. The summed E-state index contributed by atoms with van der Waals surface area (Å²) in [6.45, 7) is 2.00. The summed E-state index contributed by atoms with van der Waals surface area (Å²) in [7, 11) is -3.47. The Labute approximate surface area is 147 Å². The predicted octanol–water partition coefficient (Wildman–Crippen LogP) is 3.00. The van der Waals surface area contributed by atoms with Crippen LogP contribution in [0.25, 0.3) is 5.69 Å². The maximum Gasteiger partial charge on any atom is 0.236 e. The van der Waals surface area contributed by atoms with Crippen molar-refractivity contribution in [3.05, 3.63) is 72.8 Å². The summed E-state index contributed by atoms with van der Waals surface area (Å²) in [5.41, 5.74) is 1.44. The van der Waals surface area contributed by atoms with Crippen molar-refractivity contribution in [2.24, 2.45) is 0 Å². The molecule has 0 aliphatic rings. The SMILES string of the molecule is Cc1nccn1-c1ccc(NS(=O)(=O)CCOc2ccccc2)cc1. The second-order valence-corrected chi connectivity index (χ2v) is 7.32. The highest BCUT2D eigenvalue weighted by Crippen LogP contribution is 2.16. The van der Waals surface area contributed by atoms with Crippen molar-refractivity contribution < 1.29 is 13.2 Å². The molecule has 25 heavy (non-hydrogen) atoms. The zero-order chi connectivity index (χ0) is 17.7. The largest absolute Gasteiger partial charge is 0.492 e. The number of hydrogen-bond acceptors (Lipinski definition) is 4. The maximum atomic E-state index is 12.2. The minimum Gasteiger partial charge on any atom is -0.492 e. The first-order chi connectivity index (χ1) is 12.0. The number of nitrogens with zero attached hydrogens (tertiary/aromatic N) is 2. The summed E-state index contributed by atoms with van der Waals surface area (Å²) in [4.78, 5) is 4.17. The molecule has 0 aliphatic heterocycles. The van der Waals surface area contributed by atoms with Crippen molar-refractivity contribution in [2.45, 2.75) is 6.92 Å². The van der Waals surface area contributed by atoms with Crippen LogP contribution in [0.3, 0.4) is 0 Å². The van der Waals surface area contributed by atoms with Gasteiger partial charge in [0.05, 0.1) is 0 Å². The van der Waals surface area contributed by atoms with Crippen LogP contribution in [0.1, 0.15) is 5.82 Å². The highest BCUT2D eigenvalue weighted by molar-refractivity contribution is 7.92. The molecule has 0 unspecified atom stereocenters. The molecule has 0 amide bonds. The van der Waals surface area contributed by atoms with Crippen LogP contribution in [0.4, 0.5) is 5.69 Å². The minimum absolute atomic E-state index is 0.0889. The van der Waals surface area contributed by atoms with Gasteiger partial charge in [0, 0.05) is 23.8 Å². The van der Waals surface area contributed by atoms with Crippen LogP contribution in [0.2, 0.25) is 0 Å². The van der Waals surface area contributed by atoms with Crippen LogP contribution < -0.4 is 9.46 Å². The van der Waals surface area contributed by atoms with Gasteiger partial charge in [-0.05, 0) is 43.3 Å². The second-order valence-electron chi connectivity index (χ2n) is 5.47. The molecule has 0 radical (unpaired) electrons. The molecule has 0 bridgehead atoms. The number of rotatable bonds is 7. The van der Waals surface area contributed by atoms with Gasteiger partial charge in [0.15, 0.2) is 0 Å². The second kappa shape index (κ2) is 7.40. The summed E-state index contributed by atoms with van der Waals surface area (Å²) in [6.07, 6.45) is 3.58. The first-order valence-electron chi connectivity index (χ1n) is 7.82. The van der Waals surface area contributed by atoms with E-state index in [1.807, 2.05) is 48.0 Å². The Morgan fingerprint density at radius 1 is 1.08 bits per heavy atom. The summed E-state index contributed by atoms with van der Waals surface area (Å²) in [5, 5.41) is 0. The highest BCUT2D eigenvalue weighted by atomic mass is 32.2. The Bertz CT molecular complexity index is 920. The zero-order valence-electron chi connectivity index (χ0n) is 13.8. The van der Waals surface area contributed by atoms with Crippen LogP contribution >= 0.6 is 0 Å². The van der Waals surface area contributed by atoms with Gasteiger partial charge in [-0.15, -0.1) is 0 Å². The van der Waals surface area contributed by atoms with Gasteiger partial charge in [0.2, 0.25) is 10.0 Å². The summed E-state index contributed by atoms with van der Waals surface area (Å²) in [5.74, 6) is 1.40. The normalized spacial score (nSPS) is 11.2. The molecular weight excluding hydrogens is 338 g/mol. The van der Waals surface area contributed by atoms with E-state index in [9.17, 15) is 8.42 Å². The third-order valence-corrected chi connectivity index (χ3v) is 4.86. The molecule has 130 valence electrons. The van der Waals surface area contributed by atoms with E-state index in [2.05, 4.69) is 9.71 Å². The molecule has 0 fully saturated rings. The summed E-state index contributed by atoms with van der Waals surface area (Å²) >= 11 is 0. The Hall–Kier alpha value is -2.80. The van der Waals surface area contributed by atoms with E-state index in [0.717, 1.165) is 11.5 Å². The molecule has 0 spiro atoms. The van der Waals surface area contributed by atoms with Crippen molar-refractivity contribution in [1.82, 2.24) is 9.55 Å². The van der Waals surface area contributed by atoms with E-state index >= 15 is 0 Å². The molecule has 7 heteroatoms. The third kappa shape index (κ3) is 4.60. The number of hydrogen-bond donors (Lipinski definition) is 1. The van der Waals surface area contributed by atoms with Gasteiger partial charge in [-0.3, -0.25) is 4.72 Å². The van der Waals surface area contributed by atoms with Gasteiger partial charge >= 0.3 is 0 Å². The van der Waals surface area contributed by atoms with E-state index in [0.29, 0.717) is 11.4 Å². The van der Waals surface area contributed by atoms with E-state index < -0.39 is 10.0 Å². The molecule has 3 rings (SSSR count). The van der Waals surface area contributed by atoms with Crippen molar-refractivity contribution in [3.63, 3.8) is 0 Å². The molecule has 3 aromatic rings. The number of benzene rings is 2. The van der Waals surface area contributed by atoms with Gasteiger partial charge in [0.25, 0.3) is 0 Å². The summed E-state index contributed by atoms with van der Waals surface area (Å²) in [6, 6.07) is 16.3. The molecular formula is C18H19N3O3S. The maximum absolute atomic E-state index is 12.2. The molecule has 0 saturated heterocycles. The fourth-order valence-electron chi connectivity index (χ4n) is 2.36. The minimum atomic E-state index is -3.47. The molecule has 1 heterocycles. The lowest BCUT2D eigenvalue weighted by Gasteiger charge is -2.10. The van der Waals surface area contributed by atoms with Crippen molar-refractivity contribution in [3.8, 4) is 11.4 Å². The number of aromatic nitrogens is 2. The van der Waals surface area contributed by atoms with Crippen LogP contribution in [-0.4, -0.2) is 30.3 Å². The van der Waals surface area contributed by atoms with Crippen molar-refractivity contribution >= 4 is 15.7 Å². The smallest absolute Gasteiger partial charge is 0.236 e. The molecule has 6 nitrogen and oxygen atoms in total. The molecule has 2 aromatic carbocycles. The Morgan fingerprint density at radius 3 is 2.44 bits per heavy atom. The van der Waals surface area contributed by atoms with Crippen LogP contribution in [0.5, 0.6) is 5.75 Å². The first kappa shape index (κ1) is 17.0. The van der Waals surface area contributed by atoms with E-state index in [-0.39, 0.29) is 12.4 Å². The number of para-hydroxylation sites is 1. The van der Waals surface area contributed by atoms with Crippen LogP contribution in [-0.2, 0) is 10.0 Å². The van der Waals surface area contributed by atoms with Gasteiger partial charge in [-0.1, -0.05) is 18.2 Å². The number of ether oxygens (including phenoxy) is 1. The lowest BCUT2D eigenvalue weighted by molar-refractivity contribution is 0.341. The quantitative estimate of drug-likeness (QED) is 0.705. The fraction of sp³-hybridized carbons (Fsp3) is 0.167. The Morgan fingerprint density at radius 2 is 1.80 bits per heavy atom. The number of aryl methyl sites for hydroxylation is 1.